The molecular weight excluding hydrogens is 334 g/mol. The van der Waals surface area contributed by atoms with Crippen LogP contribution in [0.2, 0.25) is 0 Å². The molecule has 1 aromatic heterocycles. The molecule has 0 aliphatic carbocycles. The number of ether oxygens (including phenoxy) is 1. The van der Waals surface area contributed by atoms with E-state index >= 15 is 0 Å². The van der Waals surface area contributed by atoms with Gasteiger partial charge in [-0.15, -0.1) is 11.3 Å². The van der Waals surface area contributed by atoms with Crippen LogP contribution in [-0.4, -0.2) is 6.04 Å². The predicted octanol–water partition coefficient (Wildman–Crippen LogP) is 4.98. The summed E-state index contributed by atoms with van der Waals surface area (Å²) in [6, 6.07) is 10.2. The first kappa shape index (κ1) is 15.5. The predicted molar refractivity (Wildman–Crippen MR) is 89.6 cm³/mol. The van der Waals surface area contributed by atoms with E-state index in [4.69, 9.17) is 10.5 Å². The van der Waals surface area contributed by atoms with Crippen LogP contribution in [0.25, 0.3) is 0 Å². The molecule has 2 unspecified atom stereocenters. The first-order valence-electron chi connectivity index (χ1n) is 6.76. The molecule has 0 bridgehead atoms. The van der Waals surface area contributed by atoms with Crippen LogP contribution in [0.1, 0.15) is 35.5 Å². The van der Waals surface area contributed by atoms with Crippen molar-refractivity contribution in [3.05, 3.63) is 50.1 Å². The molecule has 2 rings (SSSR count). The molecule has 0 amide bonds. The van der Waals surface area contributed by atoms with Gasteiger partial charge < -0.3 is 10.5 Å². The summed E-state index contributed by atoms with van der Waals surface area (Å²) in [6.45, 7) is 6.27. The molecular formula is C16H20BrNOS. The Labute approximate surface area is 133 Å². The maximum absolute atomic E-state index is 6.26. The summed E-state index contributed by atoms with van der Waals surface area (Å²) in [4.78, 5) is 1.16. The molecule has 2 aromatic rings. The van der Waals surface area contributed by atoms with Gasteiger partial charge in [0.05, 0.1) is 3.79 Å². The number of aryl methyl sites for hydroxylation is 1. The number of benzene rings is 1. The molecule has 4 heteroatoms. The largest absolute Gasteiger partial charge is 0.483 e. The lowest BCUT2D eigenvalue weighted by atomic mass is 10.1. The summed E-state index contributed by atoms with van der Waals surface area (Å²) in [5, 5.41) is 0. The van der Waals surface area contributed by atoms with Crippen molar-refractivity contribution in [2.75, 3.05) is 0 Å². The van der Waals surface area contributed by atoms with Crippen LogP contribution in [0.5, 0.6) is 5.75 Å². The lowest BCUT2D eigenvalue weighted by molar-refractivity contribution is 0.173. The molecule has 1 heterocycles. The average Bonchev–Trinajstić information content (AvgIpc) is 2.86. The van der Waals surface area contributed by atoms with Gasteiger partial charge >= 0.3 is 0 Å². The Morgan fingerprint density at radius 2 is 2.00 bits per heavy atom. The topological polar surface area (TPSA) is 35.2 Å². The maximum Gasteiger partial charge on any atom is 0.148 e. The van der Waals surface area contributed by atoms with E-state index < -0.39 is 0 Å². The summed E-state index contributed by atoms with van der Waals surface area (Å²) in [5.41, 5.74) is 8.67. The SMILES string of the molecule is CCC(N)C(Oc1cccc(C)c1C)c1ccc(Br)s1. The van der Waals surface area contributed by atoms with Crippen LogP contribution in [0.4, 0.5) is 0 Å². The van der Waals surface area contributed by atoms with Crippen molar-refractivity contribution >= 4 is 27.3 Å². The molecule has 2 atom stereocenters. The molecule has 0 spiro atoms. The van der Waals surface area contributed by atoms with Crippen molar-refractivity contribution in [2.24, 2.45) is 5.73 Å². The third-order valence-corrected chi connectivity index (χ3v) is 5.23. The molecule has 0 saturated carbocycles. The fourth-order valence-electron chi connectivity index (χ4n) is 2.04. The first-order chi connectivity index (χ1) is 9.52. The number of rotatable bonds is 5. The second-order valence-corrected chi connectivity index (χ2v) is 7.45. The number of hydrogen-bond donors (Lipinski definition) is 1. The van der Waals surface area contributed by atoms with Gasteiger partial charge in [0, 0.05) is 10.9 Å². The number of halogens is 1. The van der Waals surface area contributed by atoms with Gasteiger partial charge in [-0.3, -0.25) is 0 Å². The van der Waals surface area contributed by atoms with Gasteiger partial charge in [0.2, 0.25) is 0 Å². The molecule has 2 nitrogen and oxygen atoms in total. The molecule has 0 radical (unpaired) electrons. The minimum Gasteiger partial charge on any atom is -0.483 e. The Hall–Kier alpha value is -0.840. The van der Waals surface area contributed by atoms with Crippen LogP contribution in [0, 0.1) is 13.8 Å². The highest BCUT2D eigenvalue weighted by Gasteiger charge is 2.23. The van der Waals surface area contributed by atoms with Gasteiger partial charge in [-0.05, 0) is 65.5 Å². The molecule has 0 saturated heterocycles. The van der Waals surface area contributed by atoms with Crippen molar-refractivity contribution in [1.82, 2.24) is 0 Å². The Morgan fingerprint density at radius 1 is 1.25 bits per heavy atom. The standard InChI is InChI=1S/C16H20BrNOS/c1-4-12(18)16(14-8-9-15(17)20-14)19-13-7-5-6-10(2)11(13)3/h5-9,12,16H,4,18H2,1-3H3. The Bertz CT molecular complexity index is 582. The van der Waals surface area contributed by atoms with E-state index in [1.165, 1.54) is 11.1 Å². The second-order valence-electron chi connectivity index (χ2n) is 4.95. The zero-order valence-corrected chi connectivity index (χ0v) is 14.4. The normalized spacial score (nSPS) is 14.1. The van der Waals surface area contributed by atoms with Gasteiger partial charge in [0.25, 0.3) is 0 Å². The average molecular weight is 354 g/mol. The highest BCUT2D eigenvalue weighted by Crippen LogP contribution is 2.34. The van der Waals surface area contributed by atoms with Crippen LogP contribution in [0.15, 0.2) is 34.1 Å². The first-order valence-corrected chi connectivity index (χ1v) is 8.37. The van der Waals surface area contributed by atoms with Crippen LogP contribution in [-0.2, 0) is 0 Å². The van der Waals surface area contributed by atoms with Gasteiger partial charge in [-0.2, -0.15) is 0 Å². The van der Waals surface area contributed by atoms with Crippen molar-refractivity contribution in [1.29, 1.82) is 0 Å². The van der Waals surface area contributed by atoms with Crippen LogP contribution >= 0.6 is 27.3 Å². The highest BCUT2D eigenvalue weighted by molar-refractivity contribution is 9.11. The third kappa shape index (κ3) is 3.43. The number of nitrogens with two attached hydrogens (primary N) is 1. The third-order valence-electron chi connectivity index (χ3n) is 3.54. The Balaban J connectivity index is 2.31. The van der Waals surface area contributed by atoms with E-state index in [9.17, 15) is 0 Å². The van der Waals surface area contributed by atoms with Gasteiger partial charge in [0.1, 0.15) is 11.9 Å². The minimum absolute atomic E-state index is 0.0135. The minimum atomic E-state index is -0.100. The van der Waals surface area contributed by atoms with Crippen molar-refractivity contribution in [3.8, 4) is 5.75 Å². The lowest BCUT2D eigenvalue weighted by Gasteiger charge is -2.24. The van der Waals surface area contributed by atoms with E-state index in [2.05, 4.69) is 48.8 Å². The summed E-state index contributed by atoms with van der Waals surface area (Å²) in [6.07, 6.45) is 0.780. The fourth-order valence-corrected chi connectivity index (χ4v) is 3.57. The van der Waals surface area contributed by atoms with E-state index in [0.717, 1.165) is 20.8 Å². The van der Waals surface area contributed by atoms with E-state index in [1.54, 1.807) is 11.3 Å². The summed E-state index contributed by atoms with van der Waals surface area (Å²) < 4.78 is 7.34. The second kappa shape index (κ2) is 6.74. The zero-order valence-electron chi connectivity index (χ0n) is 12.0. The molecule has 20 heavy (non-hydrogen) atoms. The van der Waals surface area contributed by atoms with Crippen LogP contribution < -0.4 is 10.5 Å². The monoisotopic (exact) mass is 353 g/mol. The Morgan fingerprint density at radius 3 is 2.60 bits per heavy atom. The van der Waals surface area contributed by atoms with Gasteiger partial charge in [-0.1, -0.05) is 19.1 Å². The molecule has 108 valence electrons. The molecule has 0 aliphatic rings. The molecule has 1 aromatic carbocycles. The van der Waals surface area contributed by atoms with E-state index in [1.807, 2.05) is 18.2 Å². The molecule has 0 aliphatic heterocycles. The highest BCUT2D eigenvalue weighted by atomic mass is 79.9. The lowest BCUT2D eigenvalue weighted by Crippen LogP contribution is -2.31. The maximum atomic E-state index is 6.26. The van der Waals surface area contributed by atoms with E-state index in [-0.39, 0.29) is 12.1 Å². The molecule has 0 fully saturated rings. The summed E-state index contributed by atoms with van der Waals surface area (Å²) in [7, 11) is 0. The van der Waals surface area contributed by atoms with Crippen molar-refractivity contribution in [2.45, 2.75) is 39.3 Å². The smallest absolute Gasteiger partial charge is 0.148 e. The fraction of sp³-hybridized carbons (Fsp3) is 0.375. The van der Waals surface area contributed by atoms with Crippen LogP contribution in [0.3, 0.4) is 0 Å². The van der Waals surface area contributed by atoms with Gasteiger partial charge in [-0.25, -0.2) is 0 Å². The quantitative estimate of drug-likeness (QED) is 0.821. The van der Waals surface area contributed by atoms with Gasteiger partial charge in [0.15, 0.2) is 0 Å². The Kier molecular flexibility index (Phi) is 5.24. The summed E-state index contributed by atoms with van der Waals surface area (Å²) in [5.74, 6) is 0.920. The molecule has 2 N–H and O–H groups in total. The van der Waals surface area contributed by atoms with Crippen molar-refractivity contribution in [3.63, 3.8) is 0 Å². The summed E-state index contributed by atoms with van der Waals surface area (Å²) >= 11 is 5.19. The van der Waals surface area contributed by atoms with Crippen molar-refractivity contribution < 1.29 is 4.74 Å². The zero-order chi connectivity index (χ0) is 14.7. The number of hydrogen-bond acceptors (Lipinski definition) is 3. The van der Waals surface area contributed by atoms with E-state index in [0.29, 0.717) is 0 Å². The number of thiophene rings is 1.